The summed E-state index contributed by atoms with van der Waals surface area (Å²) >= 11 is 0. The molecule has 27 heavy (non-hydrogen) atoms. The van der Waals surface area contributed by atoms with Crippen molar-refractivity contribution in [1.29, 1.82) is 0 Å². The van der Waals surface area contributed by atoms with Gasteiger partial charge in [0.2, 0.25) is 5.91 Å². The molecule has 1 fully saturated rings. The number of likely N-dealkylation sites (N-methyl/N-ethyl adjacent to an activating group) is 1. The van der Waals surface area contributed by atoms with E-state index in [9.17, 15) is 4.79 Å². The number of nitrogens with zero attached hydrogens (tertiary/aromatic N) is 5. The van der Waals surface area contributed by atoms with Crippen LogP contribution in [0.5, 0.6) is 0 Å². The van der Waals surface area contributed by atoms with Gasteiger partial charge in [-0.2, -0.15) is 5.10 Å². The summed E-state index contributed by atoms with van der Waals surface area (Å²) in [6.45, 7) is 5.36. The van der Waals surface area contributed by atoms with Gasteiger partial charge >= 0.3 is 0 Å². The molecule has 9 nitrogen and oxygen atoms in total. The van der Waals surface area contributed by atoms with E-state index in [0.29, 0.717) is 11.9 Å². The Hall–Kier alpha value is -2.16. The van der Waals surface area contributed by atoms with Crippen LogP contribution in [0.15, 0.2) is 4.99 Å². The summed E-state index contributed by atoms with van der Waals surface area (Å²) in [7, 11) is 3.49. The molecule has 2 N–H and O–H groups in total. The molecule has 0 radical (unpaired) electrons. The maximum absolute atomic E-state index is 11.9. The van der Waals surface area contributed by atoms with Crippen molar-refractivity contribution in [1.82, 2.24) is 30.3 Å². The van der Waals surface area contributed by atoms with Gasteiger partial charge in [-0.3, -0.25) is 4.79 Å². The third kappa shape index (κ3) is 5.41. The molecule has 2 aliphatic heterocycles. The summed E-state index contributed by atoms with van der Waals surface area (Å²) in [4.78, 5) is 22.5. The molecule has 0 bridgehead atoms. The van der Waals surface area contributed by atoms with Gasteiger partial charge in [0.25, 0.3) is 0 Å². The van der Waals surface area contributed by atoms with E-state index < -0.39 is 0 Å². The fourth-order valence-electron chi connectivity index (χ4n) is 3.25. The van der Waals surface area contributed by atoms with Crippen molar-refractivity contribution in [2.75, 3.05) is 40.4 Å². The average Bonchev–Trinajstić information content (AvgIpc) is 3.32. The number of rotatable bonds is 6. The summed E-state index contributed by atoms with van der Waals surface area (Å²) in [5, 5.41) is 11.4. The molecule has 2 atom stereocenters. The molecule has 150 valence electrons. The van der Waals surface area contributed by atoms with Gasteiger partial charge in [0.1, 0.15) is 12.4 Å². The van der Waals surface area contributed by atoms with Crippen molar-refractivity contribution in [3.63, 3.8) is 0 Å². The molecule has 9 heteroatoms. The number of aliphatic imine (C=N–C) groups is 1. The summed E-state index contributed by atoms with van der Waals surface area (Å²) < 4.78 is 7.43. The fraction of sp³-hybridized carbons (Fsp3) is 0.778. The van der Waals surface area contributed by atoms with E-state index in [1.54, 1.807) is 19.0 Å². The van der Waals surface area contributed by atoms with Crippen molar-refractivity contribution < 1.29 is 9.53 Å². The molecular formula is C18H31N7O2. The zero-order valence-corrected chi connectivity index (χ0v) is 16.6. The minimum Gasteiger partial charge on any atom is -0.381 e. The predicted molar refractivity (Wildman–Crippen MR) is 103 cm³/mol. The largest absolute Gasteiger partial charge is 0.381 e. The fourth-order valence-corrected chi connectivity index (χ4v) is 3.25. The van der Waals surface area contributed by atoms with Crippen LogP contribution in [0.25, 0.3) is 0 Å². The normalized spacial score (nSPS) is 22.4. The first-order valence-corrected chi connectivity index (χ1v) is 9.80. The molecule has 3 rings (SSSR count). The van der Waals surface area contributed by atoms with Crippen LogP contribution < -0.4 is 10.6 Å². The van der Waals surface area contributed by atoms with E-state index in [2.05, 4.69) is 32.6 Å². The van der Waals surface area contributed by atoms with Gasteiger partial charge in [-0.1, -0.05) is 6.92 Å². The average molecular weight is 377 g/mol. The molecule has 0 aliphatic carbocycles. The first kappa shape index (κ1) is 19.6. The van der Waals surface area contributed by atoms with Crippen molar-refractivity contribution in [2.45, 2.75) is 45.2 Å². The maximum Gasteiger partial charge on any atom is 0.243 e. The number of guanidine groups is 1. The van der Waals surface area contributed by atoms with Crippen molar-refractivity contribution in [3.8, 4) is 0 Å². The number of nitrogens with one attached hydrogen (secondary N) is 2. The summed E-state index contributed by atoms with van der Waals surface area (Å²) in [5.74, 6) is 3.11. The maximum atomic E-state index is 11.9. The molecule has 0 spiro atoms. The lowest BCUT2D eigenvalue weighted by atomic mass is 10.1. The van der Waals surface area contributed by atoms with Gasteiger partial charge in [0, 0.05) is 52.0 Å². The molecule has 1 aromatic rings. The van der Waals surface area contributed by atoms with Crippen LogP contribution in [0.2, 0.25) is 0 Å². The standard InChI is InChI=1S/C18H31N7O2/c1-4-15-22-16-6-5-14(11-25(16)23-15)21-18(20-10-17(26)24(2)3)19-9-13-7-8-27-12-13/h13-14H,4-12H2,1-3H3,(H2,19,20,21). The van der Waals surface area contributed by atoms with Gasteiger partial charge in [-0.05, 0) is 12.8 Å². The van der Waals surface area contributed by atoms with Crippen LogP contribution in [0.1, 0.15) is 31.4 Å². The minimum atomic E-state index is -0.0184. The molecule has 1 aromatic heterocycles. The van der Waals surface area contributed by atoms with E-state index >= 15 is 0 Å². The highest BCUT2D eigenvalue weighted by atomic mass is 16.5. The number of carbonyl (C=O) groups is 1. The molecule has 2 unspecified atom stereocenters. The third-order valence-corrected chi connectivity index (χ3v) is 5.01. The Morgan fingerprint density at radius 3 is 2.96 bits per heavy atom. The van der Waals surface area contributed by atoms with Crippen LogP contribution in [0, 0.1) is 5.92 Å². The Balaban J connectivity index is 1.61. The molecule has 3 heterocycles. The predicted octanol–water partition coefficient (Wildman–Crippen LogP) is -0.185. The van der Waals surface area contributed by atoms with Gasteiger partial charge in [0.05, 0.1) is 13.2 Å². The molecule has 1 saturated heterocycles. The molecule has 0 saturated carbocycles. The minimum absolute atomic E-state index is 0.0184. The third-order valence-electron chi connectivity index (χ3n) is 5.01. The lowest BCUT2D eigenvalue weighted by molar-refractivity contribution is -0.127. The van der Waals surface area contributed by atoms with Crippen molar-refractivity contribution in [3.05, 3.63) is 11.6 Å². The Morgan fingerprint density at radius 2 is 2.26 bits per heavy atom. The number of ether oxygens (including phenoxy) is 1. The van der Waals surface area contributed by atoms with Gasteiger partial charge in [0.15, 0.2) is 11.8 Å². The second kappa shape index (κ2) is 9.16. The highest BCUT2D eigenvalue weighted by Gasteiger charge is 2.23. The summed E-state index contributed by atoms with van der Waals surface area (Å²) in [6.07, 6.45) is 3.77. The van der Waals surface area contributed by atoms with Crippen LogP contribution in [0.4, 0.5) is 0 Å². The van der Waals surface area contributed by atoms with E-state index in [0.717, 1.165) is 63.6 Å². The highest BCUT2D eigenvalue weighted by molar-refractivity contribution is 5.84. The summed E-state index contributed by atoms with van der Waals surface area (Å²) in [6, 6.07) is 0.212. The first-order valence-electron chi connectivity index (χ1n) is 9.80. The second-order valence-corrected chi connectivity index (χ2v) is 7.42. The number of carbonyl (C=O) groups excluding carboxylic acids is 1. The highest BCUT2D eigenvalue weighted by Crippen LogP contribution is 2.14. The Kier molecular flexibility index (Phi) is 6.65. The van der Waals surface area contributed by atoms with Gasteiger partial charge in [-0.25, -0.2) is 14.7 Å². The van der Waals surface area contributed by atoms with E-state index in [1.165, 1.54) is 0 Å². The number of hydrogen-bond acceptors (Lipinski definition) is 5. The van der Waals surface area contributed by atoms with Crippen LogP contribution in [0.3, 0.4) is 0 Å². The SMILES string of the molecule is CCc1nc2n(n1)CC(NC(=NCC(=O)N(C)C)NCC1CCOC1)CC2. The molecular weight excluding hydrogens is 346 g/mol. The Labute approximate surface area is 160 Å². The van der Waals surface area contributed by atoms with Crippen molar-refractivity contribution >= 4 is 11.9 Å². The Morgan fingerprint density at radius 1 is 1.41 bits per heavy atom. The van der Waals surface area contributed by atoms with E-state index in [4.69, 9.17) is 4.74 Å². The number of aryl methyl sites for hydroxylation is 2. The number of hydrogen-bond donors (Lipinski definition) is 2. The lowest BCUT2D eigenvalue weighted by Crippen LogP contribution is -2.48. The lowest BCUT2D eigenvalue weighted by Gasteiger charge is -2.26. The first-order chi connectivity index (χ1) is 13.0. The topological polar surface area (TPSA) is 96.7 Å². The van der Waals surface area contributed by atoms with E-state index in [1.807, 2.05) is 4.68 Å². The smallest absolute Gasteiger partial charge is 0.243 e. The monoisotopic (exact) mass is 377 g/mol. The number of fused-ring (bicyclic) bond motifs is 1. The number of aromatic nitrogens is 3. The number of amides is 1. The summed E-state index contributed by atoms with van der Waals surface area (Å²) in [5.41, 5.74) is 0. The van der Waals surface area contributed by atoms with Crippen molar-refractivity contribution in [2.24, 2.45) is 10.9 Å². The molecule has 1 amide bonds. The van der Waals surface area contributed by atoms with Crippen LogP contribution in [-0.4, -0.2) is 78.0 Å². The van der Waals surface area contributed by atoms with E-state index in [-0.39, 0.29) is 18.5 Å². The zero-order chi connectivity index (χ0) is 19.2. The van der Waals surface area contributed by atoms with Crippen LogP contribution >= 0.6 is 0 Å². The van der Waals surface area contributed by atoms with Gasteiger partial charge in [-0.15, -0.1) is 0 Å². The zero-order valence-electron chi connectivity index (χ0n) is 16.6. The molecule has 0 aromatic carbocycles. The molecule has 2 aliphatic rings. The quantitative estimate of drug-likeness (QED) is 0.527. The van der Waals surface area contributed by atoms with Gasteiger partial charge < -0.3 is 20.3 Å². The van der Waals surface area contributed by atoms with Crippen LogP contribution in [-0.2, 0) is 28.9 Å². The second-order valence-electron chi connectivity index (χ2n) is 7.42. The Bertz CT molecular complexity index is 665.